The molecule has 0 spiro atoms. The molecule has 36 heavy (non-hydrogen) atoms. The number of aliphatic hydroxyl groups is 1. The minimum atomic E-state index is -1.33. The number of rotatable bonds is 5. The van der Waals surface area contributed by atoms with Crippen LogP contribution >= 0.6 is 0 Å². The molecule has 1 saturated carbocycles. The van der Waals surface area contributed by atoms with E-state index in [4.69, 9.17) is 4.74 Å². The summed E-state index contributed by atoms with van der Waals surface area (Å²) in [6.07, 6.45) is 0.514. The number of nitro groups is 1. The molecule has 2 N–H and O–H groups in total. The predicted molar refractivity (Wildman–Crippen MR) is 133 cm³/mol. The van der Waals surface area contributed by atoms with Crippen molar-refractivity contribution in [3.63, 3.8) is 0 Å². The molecule has 188 valence electrons. The molecule has 3 aromatic rings. The van der Waals surface area contributed by atoms with Crippen LogP contribution < -0.4 is 5.32 Å². The van der Waals surface area contributed by atoms with Crippen LogP contribution in [0.1, 0.15) is 46.1 Å². The fraction of sp³-hybridized carbons (Fsp3) is 0.333. The lowest BCUT2D eigenvalue weighted by Gasteiger charge is -2.51. The van der Waals surface area contributed by atoms with Gasteiger partial charge in [0.25, 0.3) is 5.69 Å². The summed E-state index contributed by atoms with van der Waals surface area (Å²) in [5.41, 5.74) is -1.05. The van der Waals surface area contributed by atoms with Crippen molar-refractivity contribution in [2.75, 3.05) is 0 Å². The standard InChI is InChI=1S/C27H28FN3O5/c1-25(2,3)30-24(32)36-27(15-26(4,33)16-27)21-11-10-18(12-22(21)28)23-20(17-8-6-5-7-9-17)13-19(14-29-23)31(34)35/h5-14,33H,15-16H2,1-4H3,(H,30,32). The van der Waals surface area contributed by atoms with Crippen molar-refractivity contribution in [3.8, 4) is 22.4 Å². The van der Waals surface area contributed by atoms with Gasteiger partial charge in [0.2, 0.25) is 0 Å². The molecule has 1 amide bonds. The molecule has 0 aliphatic heterocycles. The van der Waals surface area contributed by atoms with Crippen molar-refractivity contribution >= 4 is 11.8 Å². The molecule has 1 fully saturated rings. The maximum Gasteiger partial charge on any atom is 0.408 e. The number of alkyl carbamates (subject to hydrolysis) is 1. The molecule has 1 aliphatic rings. The van der Waals surface area contributed by atoms with Crippen LogP contribution in [0.2, 0.25) is 0 Å². The maximum absolute atomic E-state index is 15.6. The third kappa shape index (κ3) is 5.21. The van der Waals surface area contributed by atoms with Gasteiger partial charge in [0, 0.05) is 41.1 Å². The van der Waals surface area contributed by atoms with E-state index in [1.54, 1.807) is 58.0 Å². The van der Waals surface area contributed by atoms with Gasteiger partial charge in [0.05, 0.1) is 16.2 Å². The molecule has 0 saturated heterocycles. The van der Waals surface area contributed by atoms with Crippen molar-refractivity contribution in [1.29, 1.82) is 0 Å². The van der Waals surface area contributed by atoms with Gasteiger partial charge in [-0.15, -0.1) is 0 Å². The van der Waals surface area contributed by atoms with Crippen LogP contribution in [-0.4, -0.2) is 32.2 Å². The zero-order valence-electron chi connectivity index (χ0n) is 20.5. The number of halogens is 1. The summed E-state index contributed by atoms with van der Waals surface area (Å²) >= 11 is 0. The summed E-state index contributed by atoms with van der Waals surface area (Å²) in [6.45, 7) is 7.01. The van der Waals surface area contributed by atoms with Gasteiger partial charge in [0.1, 0.15) is 17.6 Å². The van der Waals surface area contributed by atoms with E-state index in [1.807, 2.05) is 6.07 Å². The van der Waals surface area contributed by atoms with Gasteiger partial charge in [-0.2, -0.15) is 0 Å². The van der Waals surface area contributed by atoms with E-state index >= 15 is 4.39 Å². The lowest BCUT2D eigenvalue weighted by Crippen LogP contribution is -2.57. The molecule has 0 atom stereocenters. The first-order valence-corrected chi connectivity index (χ1v) is 11.5. The number of ether oxygens (including phenoxy) is 1. The van der Waals surface area contributed by atoms with E-state index in [2.05, 4.69) is 10.3 Å². The lowest BCUT2D eigenvalue weighted by atomic mass is 9.64. The Morgan fingerprint density at radius 2 is 1.81 bits per heavy atom. The van der Waals surface area contributed by atoms with E-state index < -0.39 is 33.6 Å². The Bertz CT molecular complexity index is 1310. The average Bonchev–Trinajstić information content (AvgIpc) is 2.76. The normalized spacial score (nSPS) is 21.4. The van der Waals surface area contributed by atoms with Crippen LogP contribution in [0.3, 0.4) is 0 Å². The maximum atomic E-state index is 15.6. The second kappa shape index (κ2) is 8.98. The molecule has 0 unspecified atom stereocenters. The third-order valence-electron chi connectivity index (χ3n) is 6.00. The fourth-order valence-corrected chi connectivity index (χ4v) is 4.66. The number of hydrogen-bond donors (Lipinski definition) is 2. The highest BCUT2D eigenvalue weighted by Gasteiger charge is 2.56. The molecular formula is C27H28FN3O5. The number of nitrogens with zero attached hydrogens (tertiary/aromatic N) is 2. The van der Waals surface area contributed by atoms with Crippen molar-refractivity contribution in [1.82, 2.24) is 10.3 Å². The second-order valence-electron chi connectivity index (χ2n) is 10.5. The molecule has 9 heteroatoms. The highest BCUT2D eigenvalue weighted by molar-refractivity contribution is 5.82. The van der Waals surface area contributed by atoms with Gasteiger partial charge < -0.3 is 15.2 Å². The van der Waals surface area contributed by atoms with E-state index in [-0.39, 0.29) is 24.1 Å². The first-order valence-electron chi connectivity index (χ1n) is 11.5. The van der Waals surface area contributed by atoms with E-state index in [0.29, 0.717) is 22.4 Å². The smallest absolute Gasteiger partial charge is 0.408 e. The Hall–Kier alpha value is -3.85. The monoisotopic (exact) mass is 493 g/mol. The number of benzene rings is 2. The number of pyridine rings is 1. The number of amides is 1. The molecule has 1 aromatic heterocycles. The largest absolute Gasteiger partial charge is 0.438 e. The minimum Gasteiger partial charge on any atom is -0.438 e. The van der Waals surface area contributed by atoms with Crippen molar-refractivity contribution in [2.45, 2.75) is 57.3 Å². The highest BCUT2D eigenvalue weighted by Crippen LogP contribution is 2.52. The zero-order chi connectivity index (χ0) is 26.3. The Labute approximate surface area is 208 Å². The zero-order valence-corrected chi connectivity index (χ0v) is 20.5. The van der Waals surface area contributed by atoms with Gasteiger partial charge in [-0.1, -0.05) is 42.5 Å². The predicted octanol–water partition coefficient (Wildman–Crippen LogP) is 5.73. The molecule has 4 rings (SSSR count). The van der Waals surface area contributed by atoms with Crippen LogP contribution in [0.5, 0.6) is 0 Å². The van der Waals surface area contributed by atoms with Crippen LogP contribution in [0.25, 0.3) is 22.4 Å². The Balaban J connectivity index is 1.74. The van der Waals surface area contributed by atoms with Gasteiger partial charge in [-0.25, -0.2) is 14.2 Å². The topological polar surface area (TPSA) is 115 Å². The van der Waals surface area contributed by atoms with Crippen LogP contribution in [0, 0.1) is 15.9 Å². The summed E-state index contributed by atoms with van der Waals surface area (Å²) < 4.78 is 21.3. The first-order chi connectivity index (χ1) is 16.8. The summed E-state index contributed by atoms with van der Waals surface area (Å²) in [5, 5.41) is 24.5. The Morgan fingerprint density at radius 1 is 1.14 bits per heavy atom. The molecule has 1 aliphatic carbocycles. The molecule has 1 heterocycles. The van der Waals surface area contributed by atoms with E-state index in [9.17, 15) is 20.0 Å². The summed E-state index contributed by atoms with van der Waals surface area (Å²) in [5.74, 6) is -0.634. The Kier molecular flexibility index (Phi) is 6.30. The van der Waals surface area contributed by atoms with Crippen LogP contribution in [0.15, 0.2) is 60.8 Å². The number of carbonyl (C=O) groups excluding carboxylic acids is 1. The molecule has 0 bridgehead atoms. The summed E-state index contributed by atoms with van der Waals surface area (Å²) in [7, 11) is 0. The quantitative estimate of drug-likeness (QED) is 0.347. The fourth-order valence-electron chi connectivity index (χ4n) is 4.66. The number of nitrogens with one attached hydrogen (secondary N) is 1. The summed E-state index contributed by atoms with van der Waals surface area (Å²) in [4.78, 5) is 27.6. The Morgan fingerprint density at radius 3 is 2.36 bits per heavy atom. The highest BCUT2D eigenvalue weighted by atomic mass is 19.1. The lowest BCUT2D eigenvalue weighted by molar-refractivity contribution is -0.385. The van der Waals surface area contributed by atoms with Crippen molar-refractivity contribution < 1.29 is 24.0 Å². The third-order valence-corrected chi connectivity index (χ3v) is 6.00. The number of hydrogen-bond acceptors (Lipinski definition) is 6. The second-order valence-corrected chi connectivity index (χ2v) is 10.5. The van der Waals surface area contributed by atoms with Gasteiger partial charge >= 0.3 is 6.09 Å². The molecular weight excluding hydrogens is 465 g/mol. The van der Waals surface area contributed by atoms with E-state index in [1.165, 1.54) is 18.2 Å². The van der Waals surface area contributed by atoms with Crippen molar-refractivity contribution in [2.24, 2.45) is 0 Å². The van der Waals surface area contributed by atoms with Gasteiger partial charge in [-0.3, -0.25) is 10.1 Å². The van der Waals surface area contributed by atoms with Gasteiger partial charge in [-0.05, 0) is 39.3 Å². The van der Waals surface area contributed by atoms with E-state index in [0.717, 1.165) is 6.20 Å². The molecule has 8 nitrogen and oxygen atoms in total. The van der Waals surface area contributed by atoms with Crippen LogP contribution in [-0.2, 0) is 10.3 Å². The molecule has 2 aromatic carbocycles. The number of aromatic nitrogens is 1. The summed E-state index contributed by atoms with van der Waals surface area (Å²) in [6, 6.07) is 14.8. The SMILES string of the molecule is CC1(O)CC(OC(=O)NC(C)(C)C)(c2ccc(-c3ncc([N+](=O)[O-])cc3-c3ccccc3)cc2F)C1. The van der Waals surface area contributed by atoms with Gasteiger partial charge in [0.15, 0.2) is 0 Å². The first kappa shape index (κ1) is 25.2. The average molecular weight is 494 g/mol. The number of carbonyl (C=O) groups is 1. The molecule has 0 radical (unpaired) electrons. The van der Waals surface area contributed by atoms with Crippen LogP contribution in [0.4, 0.5) is 14.9 Å². The van der Waals surface area contributed by atoms with Crippen molar-refractivity contribution in [3.05, 3.63) is 82.3 Å². The minimum absolute atomic E-state index is 0.0406.